The van der Waals surface area contributed by atoms with E-state index in [-0.39, 0.29) is 6.54 Å². The number of hydrogen-bond donors (Lipinski definition) is 1. The molecule has 0 atom stereocenters. The summed E-state index contributed by atoms with van der Waals surface area (Å²) in [5, 5.41) is 0. The summed E-state index contributed by atoms with van der Waals surface area (Å²) in [6.07, 6.45) is -0.0113. The van der Waals surface area contributed by atoms with Crippen LogP contribution in [0, 0.1) is 5.92 Å². The molecule has 0 aliphatic carbocycles. The van der Waals surface area contributed by atoms with Crippen LogP contribution in [0.1, 0.15) is 19.8 Å². The Labute approximate surface area is 76.8 Å². The molecule has 0 amide bonds. The fourth-order valence-corrected chi connectivity index (χ4v) is 1.44. The summed E-state index contributed by atoms with van der Waals surface area (Å²) in [6, 6.07) is 0. The van der Waals surface area contributed by atoms with Crippen molar-refractivity contribution in [1.29, 1.82) is 0 Å². The highest BCUT2D eigenvalue weighted by Crippen LogP contribution is 2.16. The van der Waals surface area contributed by atoms with Crippen LogP contribution < -0.4 is 5.96 Å². The number of rotatable bonds is 2. The minimum Gasteiger partial charge on any atom is -0.298 e. The molecular weight excluding hydrogens is 181 g/mol. The summed E-state index contributed by atoms with van der Waals surface area (Å²) in [7, 11) is 0. The predicted octanol–water partition coefficient (Wildman–Crippen LogP) is 1.81. The van der Waals surface area contributed by atoms with E-state index in [2.05, 4.69) is 12.9 Å². The van der Waals surface area contributed by atoms with E-state index in [1.807, 2.05) is 4.90 Å². The van der Waals surface area contributed by atoms with Gasteiger partial charge in [0.25, 0.3) is 6.43 Å². The lowest BCUT2D eigenvalue weighted by atomic mass is 9.99. The first-order valence-corrected chi connectivity index (χ1v) is 4.41. The normalized spacial score (nSPS) is 19.8. The fourth-order valence-electron chi connectivity index (χ4n) is 1.44. The van der Waals surface area contributed by atoms with Gasteiger partial charge in [-0.15, -0.1) is 4.48 Å². The molecule has 1 aliphatic rings. The van der Waals surface area contributed by atoms with Crippen molar-refractivity contribution in [2.24, 2.45) is 11.9 Å². The number of nitrogens with zero attached hydrogens (tertiary/aromatic N) is 1. The maximum Gasteiger partial charge on any atom is 0.251 e. The van der Waals surface area contributed by atoms with Crippen molar-refractivity contribution < 1.29 is 13.3 Å². The van der Waals surface area contributed by atoms with Gasteiger partial charge in [-0.05, 0) is 31.8 Å². The van der Waals surface area contributed by atoms with Crippen LogP contribution in [0.2, 0.25) is 0 Å². The van der Waals surface area contributed by atoms with Gasteiger partial charge < -0.3 is 0 Å². The lowest BCUT2D eigenvalue weighted by molar-refractivity contribution is 0.0709. The van der Waals surface area contributed by atoms with Gasteiger partial charge in [0.1, 0.15) is 0 Å². The van der Waals surface area contributed by atoms with E-state index in [1.54, 1.807) is 0 Å². The van der Waals surface area contributed by atoms with Crippen molar-refractivity contribution in [1.82, 2.24) is 4.90 Å². The van der Waals surface area contributed by atoms with Gasteiger partial charge in [0.15, 0.2) is 0 Å². The molecule has 0 aromatic rings. The van der Waals surface area contributed by atoms with Gasteiger partial charge in [-0.3, -0.25) is 4.90 Å². The second-order valence-electron chi connectivity index (χ2n) is 3.37. The molecule has 2 nitrogen and oxygen atoms in total. The number of halogens is 3. The Bertz CT molecular complexity index is 114. The van der Waals surface area contributed by atoms with Crippen molar-refractivity contribution in [2.75, 3.05) is 19.6 Å². The average Bonchev–Trinajstić information content (AvgIpc) is 2.12. The van der Waals surface area contributed by atoms with E-state index in [1.165, 1.54) is 0 Å². The van der Waals surface area contributed by atoms with Crippen LogP contribution in [0.5, 0.6) is 0 Å². The van der Waals surface area contributed by atoms with Gasteiger partial charge in [-0.25, -0.2) is 8.78 Å². The van der Waals surface area contributed by atoms with Gasteiger partial charge in [0.05, 0.1) is 6.54 Å². The molecule has 1 rings (SSSR count). The van der Waals surface area contributed by atoms with E-state index in [4.69, 9.17) is 4.48 Å². The van der Waals surface area contributed by atoms with Gasteiger partial charge in [-0.1, -0.05) is 6.92 Å². The molecule has 5 heteroatoms. The number of alkyl halides is 2. The average molecular weight is 198 g/mol. The fraction of sp³-hybridized carbons (Fsp3) is 1.00. The Hall–Kier alpha value is -0.290. The van der Waals surface area contributed by atoms with E-state index in [0.29, 0.717) is 0 Å². The maximum absolute atomic E-state index is 11.9. The Kier molecular flexibility index (Phi) is 6.99. The van der Waals surface area contributed by atoms with Crippen molar-refractivity contribution in [2.45, 2.75) is 26.2 Å². The van der Waals surface area contributed by atoms with Crippen LogP contribution in [0.15, 0.2) is 0 Å². The zero-order chi connectivity index (χ0) is 10.3. The Morgan fingerprint density at radius 1 is 1.31 bits per heavy atom. The maximum atomic E-state index is 11.9. The molecule has 0 aromatic heterocycles. The molecule has 13 heavy (non-hydrogen) atoms. The van der Waals surface area contributed by atoms with Crippen molar-refractivity contribution in [3.05, 3.63) is 0 Å². The van der Waals surface area contributed by atoms with Crippen LogP contribution in [0.25, 0.3) is 0 Å². The summed E-state index contributed by atoms with van der Waals surface area (Å²) < 4.78 is 32.7. The number of hydrogen-bond acceptors (Lipinski definition) is 2. The third-order valence-corrected chi connectivity index (χ3v) is 2.27. The molecule has 0 radical (unpaired) electrons. The van der Waals surface area contributed by atoms with Crippen LogP contribution >= 0.6 is 0 Å². The van der Waals surface area contributed by atoms with Gasteiger partial charge >= 0.3 is 0 Å². The topological polar surface area (TPSA) is 29.3 Å². The molecule has 0 spiro atoms. The molecule has 1 fully saturated rings. The predicted molar refractivity (Wildman–Crippen MR) is 46.1 cm³/mol. The van der Waals surface area contributed by atoms with Gasteiger partial charge in [0.2, 0.25) is 0 Å². The van der Waals surface area contributed by atoms with Gasteiger partial charge in [-0.2, -0.15) is 5.96 Å². The molecule has 0 unspecified atom stereocenters. The van der Waals surface area contributed by atoms with Crippen molar-refractivity contribution in [3.8, 4) is 0 Å². The quantitative estimate of drug-likeness (QED) is 0.686. The monoisotopic (exact) mass is 198 g/mol. The molecule has 80 valence electrons. The number of piperidine rings is 1. The summed E-state index contributed by atoms with van der Waals surface area (Å²) in [5.41, 5.74) is 0. The lowest BCUT2D eigenvalue weighted by Gasteiger charge is -2.29. The molecule has 0 bridgehead atoms. The van der Waals surface area contributed by atoms with Crippen LogP contribution in [0.3, 0.4) is 0 Å². The van der Waals surface area contributed by atoms with Gasteiger partial charge in [0, 0.05) is 0 Å². The molecular formula is C8H17F3N2. The van der Waals surface area contributed by atoms with Crippen LogP contribution in [0.4, 0.5) is 13.3 Å². The zero-order valence-corrected chi connectivity index (χ0v) is 7.85. The van der Waals surface area contributed by atoms with E-state index in [9.17, 15) is 8.78 Å². The summed E-state index contributed by atoms with van der Waals surface area (Å²) >= 11 is 0. The standard InChI is InChI=1S/C8H15F2N.FH2N/c1-7-2-4-11(5-3-7)6-8(9)10;1-2/h7-8H,2-6H2,1H3;2H2. The van der Waals surface area contributed by atoms with Crippen LogP contribution in [-0.4, -0.2) is 31.0 Å². The largest absolute Gasteiger partial charge is 0.298 e. The second kappa shape index (κ2) is 7.15. The highest BCUT2D eigenvalue weighted by molar-refractivity contribution is 4.69. The third-order valence-electron chi connectivity index (χ3n) is 2.27. The highest BCUT2D eigenvalue weighted by Gasteiger charge is 2.18. The third kappa shape index (κ3) is 5.87. The van der Waals surface area contributed by atoms with Crippen molar-refractivity contribution >= 4 is 0 Å². The Balaban J connectivity index is 0.000000671. The summed E-state index contributed by atoms with van der Waals surface area (Å²) in [5.74, 6) is 3.73. The molecule has 1 heterocycles. The SMILES string of the molecule is CC1CCN(CC(F)F)CC1.NF. The highest BCUT2D eigenvalue weighted by atomic mass is 19.3. The molecule has 1 aliphatic heterocycles. The van der Waals surface area contributed by atoms with E-state index in [0.717, 1.165) is 31.8 Å². The molecule has 0 saturated carbocycles. The Morgan fingerprint density at radius 3 is 2.15 bits per heavy atom. The smallest absolute Gasteiger partial charge is 0.251 e. The number of nitrogens with two attached hydrogens (primary N) is 1. The molecule has 1 saturated heterocycles. The molecule has 0 aromatic carbocycles. The second-order valence-corrected chi connectivity index (χ2v) is 3.37. The Morgan fingerprint density at radius 2 is 1.77 bits per heavy atom. The summed E-state index contributed by atoms with van der Waals surface area (Å²) in [6.45, 7) is 3.85. The first-order valence-electron chi connectivity index (χ1n) is 4.41. The zero-order valence-electron chi connectivity index (χ0n) is 7.85. The number of likely N-dealkylation sites (tertiary alicyclic amines) is 1. The first-order chi connectivity index (χ1) is 6.18. The van der Waals surface area contributed by atoms with Crippen molar-refractivity contribution in [3.63, 3.8) is 0 Å². The van der Waals surface area contributed by atoms with E-state index < -0.39 is 6.43 Å². The first kappa shape index (κ1) is 12.7. The minimum absolute atomic E-state index is 0.0350. The minimum atomic E-state index is -2.16. The summed E-state index contributed by atoms with van der Waals surface area (Å²) in [4.78, 5) is 1.85. The van der Waals surface area contributed by atoms with E-state index >= 15 is 0 Å². The molecule has 2 N–H and O–H groups in total. The van der Waals surface area contributed by atoms with Crippen LogP contribution in [-0.2, 0) is 0 Å². The lowest BCUT2D eigenvalue weighted by Crippen LogP contribution is -2.36.